The van der Waals surface area contributed by atoms with Gasteiger partial charge in [-0.1, -0.05) is 6.92 Å². The fraction of sp³-hybridized carbons (Fsp3) is 0.889. The first-order chi connectivity index (χ1) is 5.58. The van der Waals surface area contributed by atoms with Crippen LogP contribution in [0.15, 0.2) is 0 Å². The van der Waals surface area contributed by atoms with Gasteiger partial charge in [0, 0.05) is 6.54 Å². The molecule has 1 rings (SSSR count). The molecule has 3 nitrogen and oxygen atoms in total. The van der Waals surface area contributed by atoms with E-state index in [0.717, 1.165) is 6.54 Å². The molecular weight excluding hydrogens is 152 g/mol. The third kappa shape index (κ3) is 1.21. The molecule has 1 fully saturated rings. The van der Waals surface area contributed by atoms with Crippen molar-refractivity contribution in [2.45, 2.75) is 32.3 Å². The molecular formula is C9H16N2O. The lowest BCUT2D eigenvalue weighted by molar-refractivity contribution is -0.0306. The molecule has 0 aromatic rings. The first kappa shape index (κ1) is 9.50. The lowest BCUT2D eigenvalue weighted by Crippen LogP contribution is -2.47. The summed E-state index contributed by atoms with van der Waals surface area (Å²) in [6, 6.07) is 2.22. The second-order valence-corrected chi connectivity index (χ2v) is 3.76. The molecule has 0 aromatic heterocycles. The number of β-amino-alcohol motifs (C(OH)–C–C–N with tert-alkyl or cyclic N) is 1. The van der Waals surface area contributed by atoms with Crippen molar-refractivity contribution in [2.75, 3.05) is 13.1 Å². The molecule has 0 saturated carbocycles. The largest absolute Gasteiger partial charge is 0.387 e. The predicted octanol–water partition coefficient (Wildman–Crippen LogP) is 0.651. The van der Waals surface area contributed by atoms with E-state index in [0.29, 0.717) is 19.4 Å². The van der Waals surface area contributed by atoms with Gasteiger partial charge in [-0.3, -0.25) is 0 Å². The highest BCUT2D eigenvalue weighted by molar-refractivity contribution is 5.11. The lowest BCUT2D eigenvalue weighted by Gasteiger charge is -2.35. The molecule has 2 atom stereocenters. The Morgan fingerprint density at radius 1 is 1.75 bits per heavy atom. The number of nitriles is 1. The van der Waals surface area contributed by atoms with Crippen LogP contribution in [0.2, 0.25) is 0 Å². The molecule has 3 heteroatoms. The molecule has 1 aliphatic rings. The van der Waals surface area contributed by atoms with Crippen LogP contribution in [0.4, 0.5) is 0 Å². The monoisotopic (exact) mass is 168 g/mol. The molecule has 0 spiro atoms. The molecule has 12 heavy (non-hydrogen) atoms. The van der Waals surface area contributed by atoms with Crippen LogP contribution in [0.3, 0.4) is 0 Å². The van der Waals surface area contributed by atoms with Crippen molar-refractivity contribution in [3.05, 3.63) is 0 Å². The standard InChI is InChI=1S/C9H16N2O/c1-3-8(2,6-10)9(12)4-5-11-7-9/h11-12H,3-5,7H2,1-2H3. The smallest absolute Gasteiger partial charge is 0.0966 e. The normalized spacial score (nSPS) is 34.2. The average Bonchev–Trinajstić information content (AvgIpc) is 2.52. The molecule has 0 bridgehead atoms. The Balaban J connectivity index is 2.85. The Hall–Kier alpha value is -0.590. The topological polar surface area (TPSA) is 56.0 Å². The van der Waals surface area contributed by atoms with Crippen LogP contribution in [-0.2, 0) is 0 Å². The van der Waals surface area contributed by atoms with Crippen LogP contribution < -0.4 is 5.32 Å². The fourth-order valence-electron chi connectivity index (χ4n) is 1.66. The van der Waals surface area contributed by atoms with Gasteiger partial charge in [0.1, 0.15) is 0 Å². The van der Waals surface area contributed by atoms with Gasteiger partial charge in [-0.25, -0.2) is 0 Å². The number of aliphatic hydroxyl groups is 1. The van der Waals surface area contributed by atoms with Crippen LogP contribution in [0, 0.1) is 16.7 Å². The van der Waals surface area contributed by atoms with Gasteiger partial charge in [0.2, 0.25) is 0 Å². The van der Waals surface area contributed by atoms with E-state index < -0.39 is 11.0 Å². The zero-order chi connectivity index (χ0) is 9.24. The summed E-state index contributed by atoms with van der Waals surface area (Å²) in [6.45, 7) is 5.14. The highest BCUT2D eigenvalue weighted by Crippen LogP contribution is 2.38. The minimum absolute atomic E-state index is 0.547. The van der Waals surface area contributed by atoms with Gasteiger partial charge in [0.15, 0.2) is 0 Å². The summed E-state index contributed by atoms with van der Waals surface area (Å²) < 4.78 is 0. The molecule has 0 aromatic carbocycles. The van der Waals surface area contributed by atoms with Gasteiger partial charge < -0.3 is 10.4 Å². The fourth-order valence-corrected chi connectivity index (χ4v) is 1.66. The summed E-state index contributed by atoms with van der Waals surface area (Å²) in [5.74, 6) is 0. The number of hydrogen-bond acceptors (Lipinski definition) is 3. The lowest BCUT2D eigenvalue weighted by atomic mass is 9.72. The Morgan fingerprint density at radius 2 is 2.42 bits per heavy atom. The van der Waals surface area contributed by atoms with Crippen LogP contribution in [0.25, 0.3) is 0 Å². The minimum atomic E-state index is -0.823. The Kier molecular flexibility index (Phi) is 2.41. The second-order valence-electron chi connectivity index (χ2n) is 3.76. The van der Waals surface area contributed by atoms with Crippen molar-refractivity contribution in [3.63, 3.8) is 0 Å². The van der Waals surface area contributed by atoms with Gasteiger partial charge in [0.05, 0.1) is 17.1 Å². The molecule has 1 saturated heterocycles. The van der Waals surface area contributed by atoms with E-state index in [4.69, 9.17) is 5.26 Å². The molecule has 0 amide bonds. The van der Waals surface area contributed by atoms with Crippen molar-refractivity contribution < 1.29 is 5.11 Å². The zero-order valence-electron chi connectivity index (χ0n) is 7.72. The van der Waals surface area contributed by atoms with E-state index in [1.165, 1.54) is 0 Å². The van der Waals surface area contributed by atoms with Crippen molar-refractivity contribution in [1.82, 2.24) is 5.32 Å². The average molecular weight is 168 g/mol. The van der Waals surface area contributed by atoms with Gasteiger partial charge in [-0.2, -0.15) is 5.26 Å². The molecule has 1 heterocycles. The summed E-state index contributed by atoms with van der Waals surface area (Å²) in [6.07, 6.45) is 1.38. The van der Waals surface area contributed by atoms with Crippen LogP contribution in [0.5, 0.6) is 0 Å². The molecule has 0 radical (unpaired) electrons. The summed E-state index contributed by atoms with van der Waals surface area (Å²) in [5.41, 5.74) is -1.42. The summed E-state index contributed by atoms with van der Waals surface area (Å²) >= 11 is 0. The summed E-state index contributed by atoms with van der Waals surface area (Å²) in [5, 5.41) is 22.2. The Bertz CT molecular complexity index is 203. The van der Waals surface area contributed by atoms with Gasteiger partial charge >= 0.3 is 0 Å². The van der Waals surface area contributed by atoms with E-state index in [9.17, 15) is 5.11 Å². The maximum atomic E-state index is 10.1. The predicted molar refractivity (Wildman–Crippen MR) is 46.4 cm³/mol. The van der Waals surface area contributed by atoms with Gasteiger partial charge in [-0.15, -0.1) is 0 Å². The van der Waals surface area contributed by atoms with Crippen molar-refractivity contribution in [2.24, 2.45) is 5.41 Å². The molecule has 1 aliphatic heterocycles. The highest BCUT2D eigenvalue weighted by atomic mass is 16.3. The molecule has 2 unspecified atom stereocenters. The van der Waals surface area contributed by atoms with Crippen molar-refractivity contribution >= 4 is 0 Å². The maximum Gasteiger partial charge on any atom is 0.0966 e. The van der Waals surface area contributed by atoms with E-state index in [-0.39, 0.29) is 0 Å². The van der Waals surface area contributed by atoms with Crippen LogP contribution >= 0.6 is 0 Å². The Morgan fingerprint density at radius 3 is 2.75 bits per heavy atom. The van der Waals surface area contributed by atoms with E-state index >= 15 is 0 Å². The summed E-state index contributed by atoms with van der Waals surface area (Å²) in [7, 11) is 0. The number of nitrogens with zero attached hydrogens (tertiary/aromatic N) is 1. The van der Waals surface area contributed by atoms with E-state index in [1.807, 2.05) is 13.8 Å². The number of hydrogen-bond donors (Lipinski definition) is 2. The number of nitrogens with one attached hydrogen (secondary N) is 1. The molecule has 68 valence electrons. The first-order valence-corrected chi connectivity index (χ1v) is 4.42. The third-order valence-electron chi connectivity index (χ3n) is 3.11. The Labute approximate surface area is 73.4 Å². The second kappa shape index (κ2) is 3.04. The van der Waals surface area contributed by atoms with Crippen molar-refractivity contribution in [1.29, 1.82) is 5.26 Å². The number of rotatable bonds is 2. The molecule has 2 N–H and O–H groups in total. The molecule has 0 aliphatic carbocycles. The van der Waals surface area contributed by atoms with E-state index in [1.54, 1.807) is 0 Å². The summed E-state index contributed by atoms with van der Waals surface area (Å²) in [4.78, 5) is 0. The minimum Gasteiger partial charge on any atom is -0.387 e. The van der Waals surface area contributed by atoms with Gasteiger partial charge in [-0.05, 0) is 26.3 Å². The maximum absolute atomic E-state index is 10.1. The van der Waals surface area contributed by atoms with E-state index in [2.05, 4.69) is 11.4 Å². The quantitative estimate of drug-likeness (QED) is 0.636. The highest BCUT2D eigenvalue weighted by Gasteiger charge is 2.47. The van der Waals surface area contributed by atoms with Crippen molar-refractivity contribution in [3.8, 4) is 6.07 Å². The van der Waals surface area contributed by atoms with Gasteiger partial charge in [0.25, 0.3) is 0 Å². The van der Waals surface area contributed by atoms with Crippen LogP contribution in [-0.4, -0.2) is 23.8 Å². The third-order valence-corrected chi connectivity index (χ3v) is 3.11. The SMILES string of the molecule is CCC(C)(C#N)C1(O)CCNC1. The van der Waals surface area contributed by atoms with Crippen LogP contribution in [0.1, 0.15) is 26.7 Å². The zero-order valence-corrected chi connectivity index (χ0v) is 7.72. The first-order valence-electron chi connectivity index (χ1n) is 4.42.